The first-order valence-corrected chi connectivity index (χ1v) is 10.6. The van der Waals surface area contributed by atoms with E-state index in [1.165, 1.54) is 31.4 Å². The Morgan fingerprint density at radius 1 is 1.03 bits per heavy atom. The molecule has 0 atom stereocenters. The molecular formula is C24H30N4O4. The van der Waals surface area contributed by atoms with E-state index in [0.29, 0.717) is 23.6 Å². The van der Waals surface area contributed by atoms with E-state index < -0.39 is 5.97 Å². The normalized spacial score (nSPS) is 15.0. The third-order valence-electron chi connectivity index (χ3n) is 5.20. The van der Waals surface area contributed by atoms with E-state index >= 15 is 0 Å². The SMILES string of the molecule is COc1cc(/C=N\NC(=O)CN2CCN(Cc3ccc(C)cc3)CC2)ccc1OC(C)=O. The summed E-state index contributed by atoms with van der Waals surface area (Å²) in [5.41, 5.74) is 5.86. The molecule has 2 aromatic rings. The van der Waals surface area contributed by atoms with Gasteiger partial charge in [-0.15, -0.1) is 0 Å². The first kappa shape index (κ1) is 23.4. The van der Waals surface area contributed by atoms with Crippen LogP contribution in [0.5, 0.6) is 11.5 Å². The maximum atomic E-state index is 12.2. The number of nitrogens with one attached hydrogen (secondary N) is 1. The summed E-state index contributed by atoms with van der Waals surface area (Å²) in [5.74, 6) is 0.173. The van der Waals surface area contributed by atoms with E-state index in [1.807, 2.05) is 0 Å². The van der Waals surface area contributed by atoms with Gasteiger partial charge in [-0.05, 0) is 36.2 Å². The van der Waals surface area contributed by atoms with Crippen LogP contribution in [0.25, 0.3) is 0 Å². The number of methoxy groups -OCH3 is 1. The average Bonchev–Trinajstić information content (AvgIpc) is 2.77. The lowest BCUT2D eigenvalue weighted by molar-refractivity contribution is -0.132. The third-order valence-corrected chi connectivity index (χ3v) is 5.20. The van der Waals surface area contributed by atoms with Gasteiger partial charge in [0, 0.05) is 39.6 Å². The number of hydrazone groups is 1. The molecule has 0 aromatic heterocycles. The first-order valence-electron chi connectivity index (χ1n) is 10.6. The van der Waals surface area contributed by atoms with E-state index in [-0.39, 0.29) is 5.91 Å². The molecule has 1 aliphatic rings. The molecule has 1 N–H and O–H groups in total. The van der Waals surface area contributed by atoms with Gasteiger partial charge in [-0.1, -0.05) is 29.8 Å². The zero-order valence-electron chi connectivity index (χ0n) is 18.8. The summed E-state index contributed by atoms with van der Waals surface area (Å²) in [6.45, 7) is 8.21. The first-order chi connectivity index (χ1) is 15.4. The number of carbonyl (C=O) groups is 2. The molecule has 2 aromatic carbocycles. The Morgan fingerprint density at radius 2 is 1.72 bits per heavy atom. The van der Waals surface area contributed by atoms with Crippen molar-refractivity contribution in [1.29, 1.82) is 0 Å². The third kappa shape index (κ3) is 7.18. The number of esters is 1. The van der Waals surface area contributed by atoms with Crippen molar-refractivity contribution in [3.8, 4) is 11.5 Å². The largest absolute Gasteiger partial charge is 0.493 e. The van der Waals surface area contributed by atoms with E-state index in [9.17, 15) is 9.59 Å². The number of benzene rings is 2. The Hall–Kier alpha value is -3.23. The molecule has 1 aliphatic heterocycles. The molecule has 0 spiro atoms. The van der Waals surface area contributed by atoms with Gasteiger partial charge >= 0.3 is 5.97 Å². The lowest BCUT2D eigenvalue weighted by atomic mass is 10.1. The molecule has 0 aliphatic carbocycles. The van der Waals surface area contributed by atoms with E-state index in [1.54, 1.807) is 18.2 Å². The number of ether oxygens (including phenoxy) is 2. The van der Waals surface area contributed by atoms with Gasteiger partial charge in [0.05, 0.1) is 19.9 Å². The van der Waals surface area contributed by atoms with E-state index in [0.717, 1.165) is 32.7 Å². The molecule has 0 bridgehead atoms. The van der Waals surface area contributed by atoms with Crippen molar-refractivity contribution in [3.05, 3.63) is 59.2 Å². The van der Waals surface area contributed by atoms with Crippen LogP contribution in [-0.4, -0.2) is 67.7 Å². The standard InChI is InChI=1S/C24H30N4O4/c1-18-4-6-20(7-5-18)16-27-10-12-28(13-11-27)17-24(30)26-25-15-21-8-9-22(32-19(2)29)23(14-21)31-3/h4-9,14-15H,10-13,16-17H2,1-3H3,(H,26,30)/b25-15-. The molecule has 1 fully saturated rings. The number of carbonyl (C=O) groups excluding carboxylic acids is 2. The highest BCUT2D eigenvalue weighted by Gasteiger charge is 2.18. The molecule has 170 valence electrons. The van der Waals surface area contributed by atoms with Crippen LogP contribution in [-0.2, 0) is 16.1 Å². The maximum absolute atomic E-state index is 12.2. The van der Waals surface area contributed by atoms with Crippen LogP contribution in [0.1, 0.15) is 23.6 Å². The molecule has 1 amide bonds. The molecule has 8 heteroatoms. The minimum absolute atomic E-state index is 0.156. The van der Waals surface area contributed by atoms with Gasteiger partial charge in [-0.2, -0.15) is 5.10 Å². The molecule has 1 heterocycles. The van der Waals surface area contributed by atoms with Crippen LogP contribution in [0, 0.1) is 6.92 Å². The van der Waals surface area contributed by atoms with E-state index in [4.69, 9.17) is 9.47 Å². The molecule has 0 unspecified atom stereocenters. The highest BCUT2D eigenvalue weighted by atomic mass is 16.6. The number of piperazine rings is 1. The monoisotopic (exact) mass is 438 g/mol. The van der Waals surface area contributed by atoms with Gasteiger partial charge in [0.1, 0.15) is 0 Å². The minimum Gasteiger partial charge on any atom is -0.493 e. The fourth-order valence-corrected chi connectivity index (χ4v) is 3.48. The van der Waals surface area contributed by atoms with Crippen molar-refractivity contribution in [1.82, 2.24) is 15.2 Å². The van der Waals surface area contributed by atoms with Crippen LogP contribution in [0.3, 0.4) is 0 Å². The number of amides is 1. The minimum atomic E-state index is -0.423. The summed E-state index contributed by atoms with van der Waals surface area (Å²) < 4.78 is 10.3. The number of aryl methyl sites for hydroxylation is 1. The zero-order valence-corrected chi connectivity index (χ0v) is 18.8. The summed E-state index contributed by atoms with van der Waals surface area (Å²) in [7, 11) is 1.49. The predicted molar refractivity (Wildman–Crippen MR) is 123 cm³/mol. The predicted octanol–water partition coefficient (Wildman–Crippen LogP) is 2.20. The molecule has 8 nitrogen and oxygen atoms in total. The van der Waals surface area contributed by atoms with Gasteiger partial charge in [0.2, 0.25) is 0 Å². The molecule has 32 heavy (non-hydrogen) atoms. The van der Waals surface area contributed by atoms with Crippen molar-refractivity contribution >= 4 is 18.1 Å². The average molecular weight is 439 g/mol. The van der Waals surface area contributed by atoms with Crippen LogP contribution in [0.2, 0.25) is 0 Å². The zero-order chi connectivity index (χ0) is 22.9. The van der Waals surface area contributed by atoms with Crippen molar-refractivity contribution in [2.45, 2.75) is 20.4 Å². The van der Waals surface area contributed by atoms with E-state index in [2.05, 4.69) is 51.5 Å². The van der Waals surface area contributed by atoms with Crippen molar-refractivity contribution in [2.75, 3.05) is 39.8 Å². The highest BCUT2D eigenvalue weighted by molar-refractivity contribution is 5.84. The number of hydrogen-bond acceptors (Lipinski definition) is 7. The number of hydrogen-bond donors (Lipinski definition) is 1. The van der Waals surface area contributed by atoms with Gasteiger partial charge in [0.25, 0.3) is 5.91 Å². The lowest BCUT2D eigenvalue weighted by Gasteiger charge is -2.34. The van der Waals surface area contributed by atoms with Crippen molar-refractivity contribution in [3.63, 3.8) is 0 Å². The fourth-order valence-electron chi connectivity index (χ4n) is 3.48. The van der Waals surface area contributed by atoms with Gasteiger partial charge in [-0.3, -0.25) is 19.4 Å². The van der Waals surface area contributed by atoms with Gasteiger partial charge < -0.3 is 9.47 Å². The van der Waals surface area contributed by atoms with Crippen LogP contribution in [0.4, 0.5) is 0 Å². The number of rotatable bonds is 8. The second kappa shape index (κ2) is 11.4. The summed E-state index contributed by atoms with van der Waals surface area (Å²) in [6, 6.07) is 13.7. The fraction of sp³-hybridized carbons (Fsp3) is 0.375. The molecule has 0 saturated carbocycles. The Morgan fingerprint density at radius 3 is 2.38 bits per heavy atom. The topological polar surface area (TPSA) is 83.5 Å². The molecule has 1 saturated heterocycles. The summed E-state index contributed by atoms with van der Waals surface area (Å²) in [4.78, 5) is 27.9. The summed E-state index contributed by atoms with van der Waals surface area (Å²) in [6.07, 6.45) is 1.53. The van der Waals surface area contributed by atoms with Crippen molar-refractivity contribution in [2.24, 2.45) is 5.10 Å². The molecule has 3 rings (SSSR count). The van der Waals surface area contributed by atoms with Gasteiger partial charge in [0.15, 0.2) is 11.5 Å². The van der Waals surface area contributed by atoms with Gasteiger partial charge in [-0.25, -0.2) is 5.43 Å². The smallest absolute Gasteiger partial charge is 0.308 e. The van der Waals surface area contributed by atoms with Crippen LogP contribution >= 0.6 is 0 Å². The maximum Gasteiger partial charge on any atom is 0.308 e. The van der Waals surface area contributed by atoms with Crippen LogP contribution in [0.15, 0.2) is 47.6 Å². The Kier molecular flexibility index (Phi) is 8.35. The number of nitrogens with zero attached hydrogens (tertiary/aromatic N) is 3. The summed E-state index contributed by atoms with van der Waals surface area (Å²) >= 11 is 0. The highest BCUT2D eigenvalue weighted by Crippen LogP contribution is 2.27. The second-order valence-electron chi connectivity index (χ2n) is 7.84. The second-order valence-corrected chi connectivity index (χ2v) is 7.84. The Bertz CT molecular complexity index is 951. The summed E-state index contributed by atoms with van der Waals surface area (Å²) in [5, 5.41) is 4.03. The van der Waals surface area contributed by atoms with Crippen molar-refractivity contribution < 1.29 is 19.1 Å². The molecular weight excluding hydrogens is 408 g/mol. The lowest BCUT2D eigenvalue weighted by Crippen LogP contribution is -2.48. The van der Waals surface area contributed by atoms with Crippen LogP contribution < -0.4 is 14.9 Å². The quantitative estimate of drug-likeness (QED) is 0.294. The molecule has 0 radical (unpaired) electrons. The Labute approximate surface area is 188 Å². The Balaban J connectivity index is 1.42.